The maximum Gasteiger partial charge on any atom is 0.358 e. The number of carboxylic acid groups (broad SMARTS) is 1. The molecule has 1 aromatic heterocycles. The molecule has 0 saturated carbocycles. The molecule has 0 aliphatic heterocycles. The molecule has 2 aromatic carbocycles. The smallest absolute Gasteiger partial charge is 0.358 e. The van der Waals surface area contributed by atoms with Crippen LogP contribution in [0, 0.1) is 0 Å². The van der Waals surface area contributed by atoms with Gasteiger partial charge in [0, 0.05) is 0 Å². The summed E-state index contributed by atoms with van der Waals surface area (Å²) in [5.41, 5.74) is 3.02. The summed E-state index contributed by atoms with van der Waals surface area (Å²) in [5.74, 6) is -1.13. The van der Waals surface area contributed by atoms with Crippen LogP contribution in [0.15, 0.2) is 42.5 Å². The van der Waals surface area contributed by atoms with Crippen molar-refractivity contribution in [3.63, 3.8) is 0 Å². The van der Waals surface area contributed by atoms with Gasteiger partial charge in [0.1, 0.15) is 5.69 Å². The number of hydrogen-bond donors (Lipinski definition) is 2. The molecule has 0 unspecified atom stereocenters. The molecule has 120 valence electrons. The summed E-state index contributed by atoms with van der Waals surface area (Å²) in [6, 6.07) is 13.2. The molecule has 0 radical (unpaired) electrons. The number of aromatic nitrogens is 3. The highest BCUT2D eigenvalue weighted by Gasteiger charge is 2.12. The number of hydrogen-bond acceptors (Lipinski definition) is 3. The molecule has 3 rings (SSSR count). The van der Waals surface area contributed by atoms with Crippen molar-refractivity contribution in [3.8, 4) is 11.1 Å². The van der Waals surface area contributed by atoms with Gasteiger partial charge in [-0.15, -0.1) is 5.10 Å². The van der Waals surface area contributed by atoms with E-state index in [1.165, 1.54) is 0 Å². The number of carbonyl (C=O) groups is 1. The van der Waals surface area contributed by atoms with Gasteiger partial charge in [0.25, 0.3) is 0 Å². The molecule has 0 fully saturated rings. The van der Waals surface area contributed by atoms with Gasteiger partial charge in [-0.1, -0.05) is 59.6 Å². The number of aromatic carboxylic acids is 1. The normalized spacial score (nSPS) is 11.1. The number of halogens is 2. The van der Waals surface area contributed by atoms with Gasteiger partial charge in [0.2, 0.25) is 0 Å². The standard InChI is InChI=1S/C17H11Cl2N3O2/c18-13-7-6-12(9-14(13)19)11-4-1-10(2-5-11)3-8-15-16(17(23)24)21-22-20-15/h1-9H,(H,23,24)(H,20,21,22)/b8-3+. The first kappa shape index (κ1) is 16.2. The number of aromatic amines is 1. The van der Waals surface area contributed by atoms with Gasteiger partial charge in [-0.05, 0) is 34.9 Å². The summed E-state index contributed by atoms with van der Waals surface area (Å²) < 4.78 is 0. The van der Waals surface area contributed by atoms with Crippen molar-refractivity contribution in [1.29, 1.82) is 0 Å². The van der Waals surface area contributed by atoms with Gasteiger partial charge >= 0.3 is 5.97 Å². The molecule has 0 amide bonds. The molecule has 3 aromatic rings. The highest BCUT2D eigenvalue weighted by Crippen LogP contribution is 2.28. The van der Waals surface area contributed by atoms with Crippen LogP contribution in [-0.2, 0) is 0 Å². The third-order valence-electron chi connectivity index (χ3n) is 3.37. The Morgan fingerprint density at radius 3 is 2.33 bits per heavy atom. The lowest BCUT2D eigenvalue weighted by Gasteiger charge is -2.04. The summed E-state index contributed by atoms with van der Waals surface area (Å²) in [4.78, 5) is 11.0. The van der Waals surface area contributed by atoms with Crippen LogP contribution in [0.3, 0.4) is 0 Å². The van der Waals surface area contributed by atoms with Gasteiger partial charge in [-0.2, -0.15) is 10.3 Å². The Kier molecular flexibility index (Phi) is 4.64. The predicted molar refractivity (Wildman–Crippen MR) is 94.2 cm³/mol. The van der Waals surface area contributed by atoms with E-state index in [2.05, 4.69) is 15.4 Å². The Labute approximate surface area is 147 Å². The van der Waals surface area contributed by atoms with Gasteiger partial charge in [0.05, 0.1) is 10.0 Å². The SMILES string of the molecule is O=C(O)c1n[nH]nc1/C=C/c1ccc(-c2ccc(Cl)c(Cl)c2)cc1. The Balaban J connectivity index is 1.81. The third-order valence-corrected chi connectivity index (χ3v) is 4.11. The van der Waals surface area contributed by atoms with E-state index < -0.39 is 5.97 Å². The summed E-state index contributed by atoms with van der Waals surface area (Å²) in [7, 11) is 0. The van der Waals surface area contributed by atoms with E-state index in [0.717, 1.165) is 16.7 Å². The zero-order valence-corrected chi connectivity index (χ0v) is 13.7. The van der Waals surface area contributed by atoms with Gasteiger partial charge < -0.3 is 5.11 Å². The summed E-state index contributed by atoms with van der Waals surface area (Å²) in [5, 5.41) is 19.7. The van der Waals surface area contributed by atoms with Crippen molar-refractivity contribution in [2.45, 2.75) is 0 Å². The lowest BCUT2D eigenvalue weighted by atomic mass is 10.0. The Morgan fingerprint density at radius 2 is 1.67 bits per heavy atom. The number of benzene rings is 2. The molecule has 5 nitrogen and oxygen atoms in total. The molecule has 0 atom stereocenters. The van der Waals surface area contributed by atoms with Crippen molar-refractivity contribution in [1.82, 2.24) is 15.4 Å². The Hall–Kier alpha value is -2.63. The maximum absolute atomic E-state index is 11.0. The zero-order chi connectivity index (χ0) is 17.1. The molecular formula is C17H11Cl2N3O2. The number of nitrogens with zero attached hydrogens (tertiary/aromatic N) is 2. The largest absolute Gasteiger partial charge is 0.476 e. The highest BCUT2D eigenvalue weighted by atomic mass is 35.5. The minimum Gasteiger partial charge on any atom is -0.476 e. The average molecular weight is 360 g/mol. The van der Waals surface area contributed by atoms with Crippen LogP contribution in [0.2, 0.25) is 10.0 Å². The van der Waals surface area contributed by atoms with E-state index in [0.29, 0.717) is 10.0 Å². The Bertz CT molecular complexity index is 918. The molecule has 0 bridgehead atoms. The molecular weight excluding hydrogens is 349 g/mol. The first-order valence-electron chi connectivity index (χ1n) is 6.92. The van der Waals surface area contributed by atoms with E-state index in [9.17, 15) is 4.79 Å². The van der Waals surface area contributed by atoms with Crippen molar-refractivity contribution < 1.29 is 9.90 Å². The fourth-order valence-corrected chi connectivity index (χ4v) is 2.45. The van der Waals surface area contributed by atoms with E-state index in [1.807, 2.05) is 36.4 Å². The first-order chi connectivity index (χ1) is 11.5. The molecule has 0 spiro atoms. The third kappa shape index (κ3) is 3.48. The minimum atomic E-state index is -1.13. The number of carboxylic acids is 1. The molecule has 0 aliphatic carbocycles. The molecule has 24 heavy (non-hydrogen) atoms. The first-order valence-corrected chi connectivity index (χ1v) is 7.68. The van der Waals surface area contributed by atoms with E-state index in [1.54, 1.807) is 18.2 Å². The lowest BCUT2D eigenvalue weighted by Crippen LogP contribution is -1.98. The maximum atomic E-state index is 11.0. The van der Waals surface area contributed by atoms with E-state index >= 15 is 0 Å². The molecule has 1 heterocycles. The fourth-order valence-electron chi connectivity index (χ4n) is 2.15. The molecule has 2 N–H and O–H groups in total. The lowest BCUT2D eigenvalue weighted by molar-refractivity contribution is 0.0690. The minimum absolute atomic E-state index is 0.112. The molecule has 0 saturated heterocycles. The van der Waals surface area contributed by atoms with Crippen molar-refractivity contribution in [2.75, 3.05) is 0 Å². The van der Waals surface area contributed by atoms with Crippen LogP contribution in [0.1, 0.15) is 21.7 Å². The summed E-state index contributed by atoms with van der Waals surface area (Å²) >= 11 is 12.0. The van der Waals surface area contributed by atoms with E-state index in [-0.39, 0.29) is 11.4 Å². The number of rotatable bonds is 4. The zero-order valence-electron chi connectivity index (χ0n) is 12.2. The molecule has 7 heteroatoms. The molecule has 0 aliphatic rings. The van der Waals surface area contributed by atoms with Crippen LogP contribution < -0.4 is 0 Å². The number of nitrogens with one attached hydrogen (secondary N) is 1. The van der Waals surface area contributed by atoms with Crippen molar-refractivity contribution in [3.05, 3.63) is 69.5 Å². The van der Waals surface area contributed by atoms with Crippen molar-refractivity contribution in [2.24, 2.45) is 0 Å². The monoisotopic (exact) mass is 359 g/mol. The second-order valence-corrected chi connectivity index (χ2v) is 5.76. The second kappa shape index (κ2) is 6.86. The van der Waals surface area contributed by atoms with Gasteiger partial charge in [-0.3, -0.25) is 0 Å². The van der Waals surface area contributed by atoms with E-state index in [4.69, 9.17) is 28.3 Å². The summed E-state index contributed by atoms with van der Waals surface area (Å²) in [6.45, 7) is 0. The Morgan fingerprint density at radius 1 is 0.958 bits per heavy atom. The van der Waals surface area contributed by atoms with Crippen LogP contribution in [0.5, 0.6) is 0 Å². The average Bonchev–Trinajstić information content (AvgIpc) is 3.05. The number of H-pyrrole nitrogens is 1. The van der Waals surface area contributed by atoms with Gasteiger partial charge in [-0.25, -0.2) is 4.79 Å². The van der Waals surface area contributed by atoms with Crippen LogP contribution in [-0.4, -0.2) is 26.5 Å². The quantitative estimate of drug-likeness (QED) is 0.710. The predicted octanol–water partition coefficient (Wildman–Crippen LogP) is 4.65. The van der Waals surface area contributed by atoms with Crippen LogP contribution >= 0.6 is 23.2 Å². The highest BCUT2D eigenvalue weighted by molar-refractivity contribution is 6.42. The topological polar surface area (TPSA) is 78.9 Å². The second-order valence-electron chi connectivity index (χ2n) is 4.95. The van der Waals surface area contributed by atoms with Crippen molar-refractivity contribution >= 4 is 41.3 Å². The van der Waals surface area contributed by atoms with Crippen LogP contribution in [0.25, 0.3) is 23.3 Å². The van der Waals surface area contributed by atoms with Crippen LogP contribution in [0.4, 0.5) is 0 Å². The van der Waals surface area contributed by atoms with Gasteiger partial charge in [0.15, 0.2) is 5.69 Å². The fraction of sp³-hybridized carbons (Fsp3) is 0. The summed E-state index contributed by atoms with van der Waals surface area (Å²) in [6.07, 6.45) is 3.37.